The van der Waals surface area contributed by atoms with Crippen LogP contribution in [0.1, 0.15) is 355 Å². The van der Waals surface area contributed by atoms with Crippen molar-refractivity contribution in [2.24, 2.45) is 0 Å². The number of unbranched alkanes of at least 4 members (excludes halogenated alkanes) is 38. The summed E-state index contributed by atoms with van der Waals surface area (Å²) in [5.41, 5.74) is 0. The largest absolute Gasteiger partial charge is 0.462 e. The summed E-state index contributed by atoms with van der Waals surface area (Å²) in [5, 5.41) is 0. The number of ether oxygens (including phenoxy) is 3. The van der Waals surface area contributed by atoms with Crippen molar-refractivity contribution in [3.8, 4) is 0 Å². The average molecular weight is 1160 g/mol. The first-order valence-electron chi connectivity index (χ1n) is 35.7. The number of carbonyl (C=O) groups is 3. The first-order chi connectivity index (χ1) is 41.0. The van der Waals surface area contributed by atoms with E-state index in [1.54, 1.807) is 0 Å². The number of hydrogen-bond donors (Lipinski definition) is 0. The van der Waals surface area contributed by atoms with Gasteiger partial charge in [0.1, 0.15) is 13.2 Å². The van der Waals surface area contributed by atoms with Crippen molar-refractivity contribution in [1.82, 2.24) is 0 Å². The van der Waals surface area contributed by atoms with Crippen LogP contribution < -0.4 is 0 Å². The molecule has 0 heterocycles. The number of allylic oxidation sites excluding steroid dienone is 16. The highest BCUT2D eigenvalue weighted by Gasteiger charge is 2.19. The van der Waals surface area contributed by atoms with Crippen LogP contribution in [-0.4, -0.2) is 37.2 Å². The van der Waals surface area contributed by atoms with Crippen molar-refractivity contribution < 1.29 is 28.6 Å². The van der Waals surface area contributed by atoms with Crippen molar-refractivity contribution in [2.75, 3.05) is 13.2 Å². The fourth-order valence-corrected chi connectivity index (χ4v) is 10.3. The van der Waals surface area contributed by atoms with Crippen LogP contribution in [0.15, 0.2) is 97.2 Å². The van der Waals surface area contributed by atoms with Crippen molar-refractivity contribution in [2.45, 2.75) is 361 Å². The molecule has 0 aliphatic rings. The monoisotopic (exact) mass is 1160 g/mol. The standard InChI is InChI=1S/C77H134O6/c1-4-7-10-13-16-19-22-25-28-31-33-35-36-37-38-39-40-42-43-46-49-52-55-58-61-64-67-70-76(79)82-73-74(72-81-75(78)69-66-63-60-57-54-51-48-45-30-27-24-21-18-15-12-9-6-3)83-77(80)71-68-65-62-59-56-53-50-47-44-41-34-32-29-26-23-20-17-14-11-8-5-2/h8-9,11-12,17-18,20-21,26-27,29-31,33-34,41,74H,4-7,10,13-16,19,22-25,28,32,35-40,42-73H2,1-3H3/b11-8-,12-9-,20-17-,21-18-,29-26-,30-27-,33-31-,41-34-. The van der Waals surface area contributed by atoms with Gasteiger partial charge in [0.15, 0.2) is 6.10 Å². The van der Waals surface area contributed by atoms with Crippen LogP contribution in [0.2, 0.25) is 0 Å². The van der Waals surface area contributed by atoms with Gasteiger partial charge in [-0.05, 0) is 116 Å². The van der Waals surface area contributed by atoms with Crippen LogP contribution >= 0.6 is 0 Å². The van der Waals surface area contributed by atoms with Gasteiger partial charge in [0.05, 0.1) is 0 Å². The van der Waals surface area contributed by atoms with Gasteiger partial charge in [0.2, 0.25) is 0 Å². The Hall–Kier alpha value is -3.67. The van der Waals surface area contributed by atoms with E-state index >= 15 is 0 Å². The third-order valence-electron chi connectivity index (χ3n) is 15.6. The minimum Gasteiger partial charge on any atom is -0.462 e. The van der Waals surface area contributed by atoms with E-state index in [0.717, 1.165) is 116 Å². The zero-order valence-corrected chi connectivity index (χ0v) is 54.9. The first-order valence-corrected chi connectivity index (χ1v) is 35.7. The van der Waals surface area contributed by atoms with Crippen LogP contribution in [0, 0.1) is 0 Å². The molecule has 83 heavy (non-hydrogen) atoms. The summed E-state index contributed by atoms with van der Waals surface area (Å²) >= 11 is 0. The molecule has 0 fully saturated rings. The second-order valence-electron chi connectivity index (χ2n) is 23.7. The lowest BCUT2D eigenvalue weighted by atomic mass is 10.0. The van der Waals surface area contributed by atoms with Crippen molar-refractivity contribution in [3.63, 3.8) is 0 Å². The smallest absolute Gasteiger partial charge is 0.306 e. The van der Waals surface area contributed by atoms with Gasteiger partial charge >= 0.3 is 17.9 Å². The molecule has 0 amide bonds. The lowest BCUT2D eigenvalue weighted by Crippen LogP contribution is -2.30. The lowest BCUT2D eigenvalue weighted by molar-refractivity contribution is -0.167. The second kappa shape index (κ2) is 70.8. The topological polar surface area (TPSA) is 78.9 Å². The predicted octanol–water partition coefficient (Wildman–Crippen LogP) is 24.8. The van der Waals surface area contributed by atoms with Gasteiger partial charge in [-0.3, -0.25) is 14.4 Å². The van der Waals surface area contributed by atoms with Gasteiger partial charge in [0, 0.05) is 19.3 Å². The number of esters is 3. The third kappa shape index (κ3) is 69.0. The molecule has 0 spiro atoms. The molecule has 1 unspecified atom stereocenters. The lowest BCUT2D eigenvalue weighted by Gasteiger charge is -2.18. The molecule has 1 atom stereocenters. The SMILES string of the molecule is CC/C=C\C/C=C\C/C=C\C/C=C\CCCCCCCCCCC(=O)OC(COC(=O)CCCCCCCCC/C=C\C/C=C\C/C=C\CC)COC(=O)CCCCCCCCCCCCCCCCC/C=C\CCCCCCCCCC. The van der Waals surface area contributed by atoms with Gasteiger partial charge in [-0.2, -0.15) is 0 Å². The van der Waals surface area contributed by atoms with E-state index in [1.165, 1.54) is 199 Å². The highest BCUT2D eigenvalue weighted by molar-refractivity contribution is 5.71. The fourth-order valence-electron chi connectivity index (χ4n) is 10.3. The van der Waals surface area contributed by atoms with Crippen LogP contribution in [-0.2, 0) is 28.6 Å². The van der Waals surface area contributed by atoms with Crippen molar-refractivity contribution >= 4 is 17.9 Å². The zero-order chi connectivity index (χ0) is 59.9. The Morgan fingerprint density at radius 1 is 0.253 bits per heavy atom. The molecular formula is C77H134O6. The molecule has 0 saturated heterocycles. The molecule has 478 valence electrons. The van der Waals surface area contributed by atoms with E-state index in [-0.39, 0.29) is 31.1 Å². The minimum atomic E-state index is -0.789. The average Bonchev–Trinajstić information content (AvgIpc) is 3.50. The Morgan fingerprint density at radius 3 is 0.747 bits per heavy atom. The minimum absolute atomic E-state index is 0.0821. The highest BCUT2D eigenvalue weighted by atomic mass is 16.6. The molecule has 0 aliphatic carbocycles. The maximum absolute atomic E-state index is 13.0. The quantitative estimate of drug-likeness (QED) is 0.0261. The molecule has 6 nitrogen and oxygen atoms in total. The molecule has 6 heteroatoms. The van der Waals surface area contributed by atoms with Crippen LogP contribution in [0.3, 0.4) is 0 Å². The van der Waals surface area contributed by atoms with Gasteiger partial charge in [-0.15, -0.1) is 0 Å². The van der Waals surface area contributed by atoms with Crippen LogP contribution in [0.25, 0.3) is 0 Å². The third-order valence-corrected chi connectivity index (χ3v) is 15.6. The number of hydrogen-bond acceptors (Lipinski definition) is 6. The molecule has 0 radical (unpaired) electrons. The Balaban J connectivity index is 4.33. The molecule has 0 aromatic rings. The molecule has 0 saturated carbocycles. The summed E-state index contributed by atoms with van der Waals surface area (Å²) in [6.07, 6.45) is 95.8. The predicted molar refractivity (Wildman–Crippen MR) is 362 cm³/mol. The molecule has 0 aromatic heterocycles. The zero-order valence-electron chi connectivity index (χ0n) is 54.9. The maximum atomic E-state index is 13.0. The Morgan fingerprint density at radius 2 is 0.470 bits per heavy atom. The first kappa shape index (κ1) is 79.3. The van der Waals surface area contributed by atoms with E-state index in [2.05, 4.69) is 118 Å². The summed E-state index contributed by atoms with van der Waals surface area (Å²) in [6, 6.07) is 0. The van der Waals surface area contributed by atoms with Crippen LogP contribution in [0.5, 0.6) is 0 Å². The van der Waals surface area contributed by atoms with Crippen LogP contribution in [0.4, 0.5) is 0 Å². The molecule has 0 N–H and O–H groups in total. The Bertz CT molecular complexity index is 1610. The van der Waals surface area contributed by atoms with Gasteiger partial charge in [-0.25, -0.2) is 0 Å². The van der Waals surface area contributed by atoms with Gasteiger partial charge in [0.25, 0.3) is 0 Å². The molecule has 0 rings (SSSR count). The number of rotatable bonds is 65. The van der Waals surface area contributed by atoms with Gasteiger partial charge < -0.3 is 14.2 Å². The van der Waals surface area contributed by atoms with E-state index in [0.29, 0.717) is 19.3 Å². The second-order valence-corrected chi connectivity index (χ2v) is 23.7. The summed E-state index contributed by atoms with van der Waals surface area (Å²) in [7, 11) is 0. The fraction of sp³-hybridized carbons (Fsp3) is 0.753. The molecule has 0 aliphatic heterocycles. The molecule has 0 aromatic carbocycles. The highest BCUT2D eigenvalue weighted by Crippen LogP contribution is 2.17. The van der Waals surface area contributed by atoms with Crippen molar-refractivity contribution in [3.05, 3.63) is 97.2 Å². The molecule has 0 bridgehead atoms. The summed E-state index contributed by atoms with van der Waals surface area (Å²) in [6.45, 7) is 6.45. The summed E-state index contributed by atoms with van der Waals surface area (Å²) in [4.78, 5) is 38.5. The number of carbonyl (C=O) groups excluding carboxylic acids is 3. The molecular weight excluding hydrogens is 1020 g/mol. The van der Waals surface area contributed by atoms with E-state index in [4.69, 9.17) is 14.2 Å². The summed E-state index contributed by atoms with van der Waals surface area (Å²) in [5.74, 6) is -0.884. The van der Waals surface area contributed by atoms with E-state index in [9.17, 15) is 14.4 Å². The van der Waals surface area contributed by atoms with Gasteiger partial charge in [-0.1, -0.05) is 317 Å². The normalized spacial score (nSPS) is 12.7. The Kier molecular flexibility index (Phi) is 67.7. The maximum Gasteiger partial charge on any atom is 0.306 e. The summed E-state index contributed by atoms with van der Waals surface area (Å²) < 4.78 is 17.0. The van der Waals surface area contributed by atoms with Crippen molar-refractivity contribution in [1.29, 1.82) is 0 Å². The van der Waals surface area contributed by atoms with E-state index in [1.807, 2.05) is 0 Å². The van der Waals surface area contributed by atoms with E-state index < -0.39 is 6.10 Å². The Labute approximate surface area is 515 Å².